The number of carbonyl (C=O) groups is 2. The smallest absolute Gasteiger partial charge is 0.266 e. The lowest BCUT2D eigenvalue weighted by Crippen LogP contribution is -2.44. The first-order valence-electron chi connectivity index (χ1n) is 10.6. The average Bonchev–Trinajstić information content (AvgIpc) is 2.80. The number of benzene rings is 2. The number of carboxylic acid groups (broad SMARTS) is 1. The Bertz CT molecular complexity index is 1250. The molecule has 7 nitrogen and oxygen atoms in total. The Balaban J connectivity index is 1.65. The van der Waals surface area contributed by atoms with Crippen molar-refractivity contribution >= 4 is 34.5 Å². The number of nitrogens with zero attached hydrogens (tertiary/aromatic N) is 3. The highest BCUT2D eigenvalue weighted by atomic mass is 32.2. The third-order valence-electron chi connectivity index (χ3n) is 6.07. The first-order chi connectivity index (χ1) is 15.4. The van der Waals surface area contributed by atoms with Crippen molar-refractivity contribution in [3.8, 4) is 5.69 Å². The number of hydrogen-bond donors (Lipinski definition) is 0. The van der Waals surface area contributed by atoms with Gasteiger partial charge in [0.15, 0.2) is 5.16 Å². The molecular weight excluding hydrogens is 426 g/mol. The zero-order chi connectivity index (χ0) is 22.8. The van der Waals surface area contributed by atoms with E-state index in [-0.39, 0.29) is 17.2 Å². The number of para-hydroxylation sites is 1. The van der Waals surface area contributed by atoms with Crippen molar-refractivity contribution in [2.45, 2.75) is 31.8 Å². The maximum atomic E-state index is 13.4. The van der Waals surface area contributed by atoms with Crippen molar-refractivity contribution in [3.05, 3.63) is 63.9 Å². The van der Waals surface area contributed by atoms with Gasteiger partial charge in [-0.2, -0.15) is 0 Å². The summed E-state index contributed by atoms with van der Waals surface area (Å²) in [5, 5.41) is 12.0. The Kier molecular flexibility index (Phi) is 6.32. The van der Waals surface area contributed by atoms with Gasteiger partial charge in [0.1, 0.15) is 0 Å². The number of carboxylic acids is 1. The molecule has 1 fully saturated rings. The molecule has 0 spiro atoms. The van der Waals surface area contributed by atoms with Crippen molar-refractivity contribution in [2.75, 3.05) is 18.8 Å². The predicted molar refractivity (Wildman–Crippen MR) is 122 cm³/mol. The zero-order valence-corrected chi connectivity index (χ0v) is 18.9. The third-order valence-corrected chi connectivity index (χ3v) is 6.99. The molecule has 1 amide bonds. The molecule has 32 heavy (non-hydrogen) atoms. The largest absolute Gasteiger partial charge is 0.550 e. The van der Waals surface area contributed by atoms with Gasteiger partial charge in [-0.1, -0.05) is 36.0 Å². The Morgan fingerprint density at radius 1 is 1.09 bits per heavy atom. The number of piperidine rings is 1. The summed E-state index contributed by atoms with van der Waals surface area (Å²) in [7, 11) is 0. The molecule has 1 aromatic heterocycles. The second-order valence-corrected chi connectivity index (χ2v) is 8.98. The van der Waals surface area contributed by atoms with Crippen molar-refractivity contribution in [3.63, 3.8) is 0 Å². The summed E-state index contributed by atoms with van der Waals surface area (Å²) in [5.41, 5.74) is 3.20. The number of thioether (sulfide) groups is 1. The molecule has 4 rings (SSSR count). The lowest BCUT2D eigenvalue weighted by Gasteiger charge is -2.32. The lowest BCUT2D eigenvalue weighted by atomic mass is 9.97. The number of aliphatic carboxylic acids is 1. The first kappa shape index (κ1) is 22.1. The number of hydrogen-bond acceptors (Lipinski definition) is 6. The van der Waals surface area contributed by atoms with E-state index in [2.05, 4.69) is 0 Å². The number of amides is 1. The fraction of sp³-hybridized carbons (Fsp3) is 0.333. The highest BCUT2D eigenvalue weighted by Crippen LogP contribution is 2.25. The molecule has 166 valence electrons. The fourth-order valence-electron chi connectivity index (χ4n) is 3.98. The predicted octanol–water partition coefficient (Wildman–Crippen LogP) is 2.08. The van der Waals surface area contributed by atoms with E-state index in [4.69, 9.17) is 4.98 Å². The summed E-state index contributed by atoms with van der Waals surface area (Å²) in [6.45, 7) is 4.75. The van der Waals surface area contributed by atoms with Gasteiger partial charge in [-0.25, -0.2) is 4.98 Å². The van der Waals surface area contributed by atoms with Crippen LogP contribution in [0.2, 0.25) is 0 Å². The Labute approximate surface area is 190 Å². The number of carbonyl (C=O) groups excluding carboxylic acids is 2. The summed E-state index contributed by atoms with van der Waals surface area (Å²) in [6, 6.07) is 13.0. The van der Waals surface area contributed by atoms with Crippen LogP contribution in [0.15, 0.2) is 52.4 Å². The number of aryl methyl sites for hydroxylation is 1. The van der Waals surface area contributed by atoms with Crippen LogP contribution in [0.3, 0.4) is 0 Å². The number of rotatable bonds is 5. The Morgan fingerprint density at radius 3 is 2.53 bits per heavy atom. The van der Waals surface area contributed by atoms with Crippen LogP contribution < -0.4 is 10.7 Å². The lowest BCUT2D eigenvalue weighted by molar-refractivity contribution is -0.312. The maximum Gasteiger partial charge on any atom is 0.266 e. The van der Waals surface area contributed by atoms with Crippen molar-refractivity contribution in [1.82, 2.24) is 14.5 Å². The van der Waals surface area contributed by atoms with E-state index in [1.54, 1.807) is 21.6 Å². The van der Waals surface area contributed by atoms with Gasteiger partial charge in [0, 0.05) is 25.0 Å². The second kappa shape index (κ2) is 9.16. The summed E-state index contributed by atoms with van der Waals surface area (Å²) < 4.78 is 1.59. The van der Waals surface area contributed by atoms with Crippen LogP contribution in [0.1, 0.15) is 24.0 Å². The summed E-state index contributed by atoms with van der Waals surface area (Å²) >= 11 is 1.23. The molecule has 2 aromatic carbocycles. The van der Waals surface area contributed by atoms with Gasteiger partial charge in [-0.05, 0) is 56.0 Å². The second-order valence-electron chi connectivity index (χ2n) is 8.03. The standard InChI is InChI=1S/C24H25N3O4S/c1-15-6-5-9-20(16(15)2)27-22(29)18-7-3-4-8-19(18)25-24(27)32-14-21(28)26-12-10-17(11-13-26)23(30)31/h3-9,17H,10-14H2,1-2H3,(H,30,31)/p-1. The van der Waals surface area contributed by atoms with Gasteiger partial charge >= 0.3 is 0 Å². The molecule has 0 bridgehead atoms. The van der Waals surface area contributed by atoms with Crippen LogP contribution in [-0.4, -0.2) is 45.2 Å². The minimum absolute atomic E-state index is 0.0956. The number of fused-ring (bicyclic) bond motifs is 1. The van der Waals surface area contributed by atoms with Gasteiger partial charge in [0.05, 0.1) is 22.3 Å². The first-order valence-corrected chi connectivity index (χ1v) is 11.5. The monoisotopic (exact) mass is 450 g/mol. The molecule has 0 atom stereocenters. The molecule has 0 aliphatic carbocycles. The maximum absolute atomic E-state index is 13.4. The highest BCUT2D eigenvalue weighted by molar-refractivity contribution is 7.99. The zero-order valence-electron chi connectivity index (χ0n) is 18.0. The molecule has 0 radical (unpaired) electrons. The van der Waals surface area contributed by atoms with E-state index >= 15 is 0 Å². The highest BCUT2D eigenvalue weighted by Gasteiger charge is 2.24. The van der Waals surface area contributed by atoms with Crippen LogP contribution in [0, 0.1) is 19.8 Å². The molecule has 1 saturated heterocycles. The molecule has 0 N–H and O–H groups in total. The van der Waals surface area contributed by atoms with E-state index in [1.165, 1.54) is 11.8 Å². The van der Waals surface area contributed by atoms with E-state index < -0.39 is 11.9 Å². The molecule has 1 aliphatic heterocycles. The molecule has 2 heterocycles. The Hall–Kier alpha value is -3.13. The summed E-state index contributed by atoms with van der Waals surface area (Å²) in [4.78, 5) is 43.6. The summed E-state index contributed by atoms with van der Waals surface area (Å²) in [5.74, 6) is -1.53. The molecular formula is C24H24N3O4S-. The molecule has 0 unspecified atom stereocenters. The van der Waals surface area contributed by atoms with E-state index in [9.17, 15) is 19.5 Å². The van der Waals surface area contributed by atoms with E-state index in [0.29, 0.717) is 42.0 Å². The van der Waals surface area contributed by atoms with Crippen LogP contribution in [0.4, 0.5) is 0 Å². The minimum atomic E-state index is -1.05. The average molecular weight is 451 g/mol. The van der Waals surface area contributed by atoms with Crippen LogP contribution >= 0.6 is 11.8 Å². The van der Waals surface area contributed by atoms with Gasteiger partial charge in [-0.15, -0.1) is 0 Å². The van der Waals surface area contributed by atoms with Crippen molar-refractivity contribution < 1.29 is 14.7 Å². The van der Waals surface area contributed by atoms with E-state index in [1.807, 2.05) is 44.2 Å². The van der Waals surface area contributed by atoms with Gasteiger partial charge in [0.25, 0.3) is 5.56 Å². The van der Waals surface area contributed by atoms with Crippen LogP contribution in [0.25, 0.3) is 16.6 Å². The number of aromatic nitrogens is 2. The van der Waals surface area contributed by atoms with Crippen molar-refractivity contribution in [2.24, 2.45) is 5.92 Å². The van der Waals surface area contributed by atoms with Gasteiger partial charge in [-0.3, -0.25) is 14.2 Å². The van der Waals surface area contributed by atoms with Gasteiger partial charge < -0.3 is 14.8 Å². The van der Waals surface area contributed by atoms with E-state index in [0.717, 1.165) is 16.8 Å². The quantitative estimate of drug-likeness (QED) is 0.436. The normalized spacial score (nSPS) is 14.6. The minimum Gasteiger partial charge on any atom is -0.550 e. The van der Waals surface area contributed by atoms with Crippen molar-refractivity contribution in [1.29, 1.82) is 0 Å². The van der Waals surface area contributed by atoms with Crippen LogP contribution in [0.5, 0.6) is 0 Å². The summed E-state index contributed by atoms with van der Waals surface area (Å²) in [6.07, 6.45) is 0.806. The molecule has 0 saturated carbocycles. The molecule has 8 heteroatoms. The third kappa shape index (κ3) is 4.27. The number of likely N-dealkylation sites (tertiary alicyclic amines) is 1. The fourth-order valence-corrected chi connectivity index (χ4v) is 4.89. The topological polar surface area (TPSA) is 95.3 Å². The molecule has 1 aliphatic rings. The molecule has 3 aromatic rings. The SMILES string of the molecule is Cc1cccc(-n2c(SCC(=O)N3CCC(C(=O)[O-])CC3)nc3ccccc3c2=O)c1C. The van der Waals surface area contributed by atoms with Crippen LogP contribution in [-0.2, 0) is 9.59 Å². The Morgan fingerprint density at radius 2 is 1.81 bits per heavy atom. The van der Waals surface area contributed by atoms with Gasteiger partial charge in [0.2, 0.25) is 5.91 Å².